The van der Waals surface area contributed by atoms with Gasteiger partial charge >= 0.3 is 0 Å². The van der Waals surface area contributed by atoms with E-state index in [1.165, 1.54) is 153 Å². The Morgan fingerprint density at radius 2 is 0.480 bits per heavy atom. The van der Waals surface area contributed by atoms with Crippen LogP contribution in [0.2, 0.25) is 0 Å². The lowest BCUT2D eigenvalue weighted by atomic mass is 9.82. The number of fused-ring (bicyclic) bond motifs is 24. The molecule has 4 heterocycles. The van der Waals surface area contributed by atoms with Crippen LogP contribution in [-0.2, 0) is 5.41 Å². The van der Waals surface area contributed by atoms with E-state index in [2.05, 4.69) is 531 Å². The van der Waals surface area contributed by atoms with E-state index in [-0.39, 0.29) is 5.41 Å². The highest BCUT2D eigenvalue weighted by molar-refractivity contribution is 6.22. The van der Waals surface area contributed by atoms with Crippen LogP contribution in [0.15, 0.2) is 547 Å². The first kappa shape index (κ1) is 86.5. The van der Waals surface area contributed by atoms with Crippen molar-refractivity contribution in [2.75, 3.05) is 14.7 Å². The second-order valence-electron chi connectivity index (χ2n) is 39.3. The molecule has 1 aliphatic rings. The fourth-order valence-corrected chi connectivity index (χ4v) is 23.2. The highest BCUT2D eigenvalue weighted by Gasteiger charge is 2.36. The van der Waals surface area contributed by atoms with Gasteiger partial charge in [0.1, 0.15) is 33.5 Å². The molecule has 0 N–H and O–H groups in total. The summed E-state index contributed by atoms with van der Waals surface area (Å²) in [5.41, 5.74) is 33.9. The molecular weight excluding hydrogens is 1800 g/mol. The summed E-state index contributed by atoms with van der Waals surface area (Å²) in [5, 5.41) is 23.7. The van der Waals surface area contributed by atoms with Crippen LogP contribution < -0.4 is 14.7 Å². The summed E-state index contributed by atoms with van der Waals surface area (Å²) < 4.78 is 21.4. The van der Waals surface area contributed by atoms with Crippen LogP contribution in [0.4, 0.5) is 51.2 Å². The van der Waals surface area contributed by atoms with Crippen LogP contribution in [0.25, 0.3) is 214 Å². The van der Waals surface area contributed by atoms with Gasteiger partial charge in [-0.3, -0.25) is 0 Å². The summed E-state index contributed by atoms with van der Waals surface area (Å²) in [5.74, 6) is 0. The molecule has 0 spiro atoms. The molecule has 0 saturated heterocycles. The predicted molar refractivity (Wildman–Crippen MR) is 624 cm³/mol. The Bertz CT molecular complexity index is 10100. The molecule has 7 nitrogen and oxygen atoms in total. The third kappa shape index (κ3) is 15.0. The summed E-state index contributed by atoms with van der Waals surface area (Å²) in [7, 11) is 0. The number of benzene rings is 25. The Hall–Kier alpha value is -19.3. The lowest BCUT2D eigenvalue weighted by Crippen LogP contribution is -2.16. The number of para-hydroxylation sites is 5. The van der Waals surface area contributed by atoms with E-state index in [0.717, 1.165) is 123 Å². The molecule has 0 atom stereocenters. The van der Waals surface area contributed by atoms with Crippen molar-refractivity contribution in [1.82, 2.24) is 4.57 Å². The van der Waals surface area contributed by atoms with Gasteiger partial charge in [-0.25, -0.2) is 0 Å². The Morgan fingerprint density at radius 1 is 0.169 bits per heavy atom. The SMILES string of the molecule is CC1(C)c2ccccc2-c2ccc(N(c3ccc(-c4ccccc4)cc3)c3cccc4c3ccc3cc5c(cc34)oc3ccccc35)cc21.c1ccc(-c2ccc(N(c3ccc(-c4ccccc4)cc3)c3cccc4c3ccc3cc5c(cc34)oc3ccccc35)cc2)cc1.c1ccc(-c2ccc(N(c3cccc(-n4c5ccccc5c5ccccc54)c3)c3ccc4ccc5cc6c(cc5c4c3)oc3ccccc36)cc2)cc1. The molecule has 0 bridgehead atoms. The highest BCUT2D eigenvalue weighted by Crippen LogP contribution is 2.54. The van der Waals surface area contributed by atoms with Crippen LogP contribution in [0.3, 0.4) is 0 Å². The first-order valence-corrected chi connectivity index (χ1v) is 50.8. The lowest BCUT2D eigenvalue weighted by molar-refractivity contribution is 0.660. The van der Waals surface area contributed by atoms with E-state index in [1.807, 2.05) is 36.4 Å². The third-order valence-electron chi connectivity index (χ3n) is 30.4. The monoisotopic (exact) mass is 1890 g/mol. The number of hydrogen-bond acceptors (Lipinski definition) is 6. The second kappa shape index (κ2) is 35.7. The topological polar surface area (TPSA) is 54.1 Å². The average Bonchev–Trinajstić information content (AvgIpc) is 1.55. The molecule has 30 rings (SSSR count). The Balaban J connectivity index is 0.000000107. The summed E-state index contributed by atoms with van der Waals surface area (Å²) in [6, 6.07) is 192. The van der Waals surface area contributed by atoms with Gasteiger partial charge in [-0.1, -0.05) is 378 Å². The number of rotatable bonds is 14. The van der Waals surface area contributed by atoms with Crippen molar-refractivity contribution in [3.05, 3.63) is 545 Å². The number of hydrogen-bond donors (Lipinski definition) is 0. The van der Waals surface area contributed by atoms with E-state index < -0.39 is 0 Å². The van der Waals surface area contributed by atoms with Gasteiger partial charge in [-0.05, 0) is 290 Å². The highest BCUT2D eigenvalue weighted by atomic mass is 16.3. The normalized spacial score (nSPS) is 12.2. The maximum atomic E-state index is 6.37. The largest absolute Gasteiger partial charge is 0.456 e. The van der Waals surface area contributed by atoms with Gasteiger partial charge in [0.2, 0.25) is 0 Å². The van der Waals surface area contributed by atoms with E-state index >= 15 is 0 Å². The molecule has 148 heavy (non-hydrogen) atoms. The van der Waals surface area contributed by atoms with Crippen molar-refractivity contribution in [1.29, 1.82) is 0 Å². The molecule has 0 radical (unpaired) electrons. The predicted octanol–water partition coefficient (Wildman–Crippen LogP) is 40.2. The van der Waals surface area contributed by atoms with Crippen molar-refractivity contribution >= 4 is 203 Å². The number of furan rings is 3. The Morgan fingerprint density at radius 3 is 0.932 bits per heavy atom. The minimum Gasteiger partial charge on any atom is -0.456 e. The van der Waals surface area contributed by atoms with E-state index in [0.29, 0.717) is 0 Å². The zero-order chi connectivity index (χ0) is 98.0. The summed E-state index contributed by atoms with van der Waals surface area (Å²) in [6.45, 7) is 4.70. The van der Waals surface area contributed by atoms with Gasteiger partial charge in [0.25, 0.3) is 0 Å². The van der Waals surface area contributed by atoms with Gasteiger partial charge in [-0.15, -0.1) is 0 Å². The van der Waals surface area contributed by atoms with Crippen molar-refractivity contribution in [3.63, 3.8) is 0 Å². The molecular formula is C141H94N4O3. The zero-order valence-corrected chi connectivity index (χ0v) is 81.3. The third-order valence-corrected chi connectivity index (χ3v) is 30.4. The summed E-state index contributed by atoms with van der Waals surface area (Å²) in [4.78, 5) is 7.18. The molecule has 0 fully saturated rings. The first-order valence-electron chi connectivity index (χ1n) is 50.8. The van der Waals surface area contributed by atoms with Gasteiger partial charge < -0.3 is 32.5 Å². The van der Waals surface area contributed by atoms with Crippen LogP contribution >= 0.6 is 0 Å². The second-order valence-corrected chi connectivity index (χ2v) is 39.3. The molecule has 0 aliphatic heterocycles. The van der Waals surface area contributed by atoms with E-state index in [4.69, 9.17) is 13.3 Å². The molecule has 25 aromatic carbocycles. The molecule has 7 heteroatoms. The fraction of sp³-hybridized carbons (Fsp3) is 0.0213. The van der Waals surface area contributed by atoms with Crippen molar-refractivity contribution in [2.45, 2.75) is 19.3 Å². The van der Waals surface area contributed by atoms with E-state index in [9.17, 15) is 0 Å². The van der Waals surface area contributed by atoms with Crippen molar-refractivity contribution in [3.8, 4) is 61.3 Å². The molecule has 0 amide bonds. The van der Waals surface area contributed by atoms with Crippen molar-refractivity contribution < 1.29 is 13.3 Å². The van der Waals surface area contributed by atoms with Gasteiger partial charge in [0.15, 0.2) is 0 Å². The van der Waals surface area contributed by atoms with E-state index in [1.54, 1.807) is 0 Å². The van der Waals surface area contributed by atoms with Gasteiger partial charge in [0.05, 0.1) is 22.4 Å². The first-order chi connectivity index (χ1) is 73.1. The summed E-state index contributed by atoms with van der Waals surface area (Å²) in [6.07, 6.45) is 0. The van der Waals surface area contributed by atoms with Gasteiger partial charge in [0, 0.05) is 105 Å². The molecule has 696 valence electrons. The Labute approximate surface area is 855 Å². The maximum Gasteiger partial charge on any atom is 0.136 e. The number of aromatic nitrogens is 1. The van der Waals surface area contributed by atoms with Gasteiger partial charge in [-0.2, -0.15) is 0 Å². The minimum atomic E-state index is -0.0995. The molecule has 0 saturated carbocycles. The fourth-order valence-electron chi connectivity index (χ4n) is 23.2. The smallest absolute Gasteiger partial charge is 0.136 e. The average molecular weight is 1890 g/mol. The Kier molecular flexibility index (Phi) is 20.8. The summed E-state index contributed by atoms with van der Waals surface area (Å²) >= 11 is 0. The minimum absolute atomic E-state index is 0.0995. The molecule has 0 unspecified atom stereocenters. The standard InChI is InChI=1S/C50H32N2O.C47H33NO.C44H29NO/c1-2-11-33(12-3-1)34-23-26-37(27-24-34)51(38-13-10-14-39(30-38)52-47-18-7-4-15-41(47)42-16-5-8-19-48(42)52)40-28-25-35-21-22-36-29-46-43-17-6-9-20-49(43)53-50(46)32-45(36)44(35)31-40;1-47(2)42-16-8-6-13-36(42)37-26-24-34(28-43(37)47)48(33-22-19-31(20-23-33)30-11-4-3-5-12-30)44-17-10-15-35-38(44)25-21-32-27-41-39-14-7-9-18-45(39)49-46(41)29-40(32)35;1-3-10-30(11-4-1)32-18-23-35(24-19-32)45(36-25-20-33(21-26-36)31-12-5-2-6-13-31)42-16-9-15-37-38(42)27-22-34-28-41-39-14-7-8-17-43(39)46-44(41)29-40(34)37/h1-32H;3-29H,1-2H3;1-29H. The van der Waals surface area contributed by atoms with Crippen LogP contribution in [0.5, 0.6) is 0 Å². The zero-order valence-electron chi connectivity index (χ0n) is 81.3. The van der Waals surface area contributed by atoms with Crippen LogP contribution in [0, 0.1) is 0 Å². The number of nitrogens with zero attached hydrogens (tertiary/aromatic N) is 4. The molecule has 29 aromatic rings. The number of anilines is 9. The maximum absolute atomic E-state index is 6.37. The quantitative estimate of drug-likeness (QED) is 0.101. The van der Waals surface area contributed by atoms with Crippen LogP contribution in [0.1, 0.15) is 25.0 Å². The van der Waals surface area contributed by atoms with Crippen molar-refractivity contribution in [2.24, 2.45) is 0 Å². The molecule has 4 aromatic heterocycles. The lowest BCUT2D eigenvalue weighted by Gasteiger charge is -2.29. The van der Waals surface area contributed by atoms with Crippen LogP contribution in [-0.4, -0.2) is 4.57 Å². The molecule has 1 aliphatic carbocycles.